The summed E-state index contributed by atoms with van der Waals surface area (Å²) in [5, 5.41) is 10.1. The predicted molar refractivity (Wildman–Crippen MR) is 93.0 cm³/mol. The van der Waals surface area contributed by atoms with E-state index in [1.807, 2.05) is 0 Å². The predicted octanol–water partition coefficient (Wildman–Crippen LogP) is 4.38. The molecule has 2 aromatic carbocycles. The first-order chi connectivity index (χ1) is 13.9. The lowest BCUT2D eigenvalue weighted by atomic mass is 10.1. The van der Waals surface area contributed by atoms with Crippen molar-refractivity contribution in [2.45, 2.75) is 12.8 Å². The summed E-state index contributed by atoms with van der Waals surface area (Å²) in [6.07, 6.45) is -4.59. The van der Waals surface area contributed by atoms with E-state index in [1.165, 1.54) is 36.4 Å². The van der Waals surface area contributed by atoms with E-state index in [9.17, 15) is 17.6 Å². The molecule has 0 atom stereocenters. The molecular weight excluding hydrogens is 394 g/mol. The van der Waals surface area contributed by atoms with Gasteiger partial charge in [-0.05, 0) is 40.1 Å². The molecule has 0 unspecified atom stereocenters. The maximum atomic E-state index is 14.0. The Morgan fingerprint density at radius 2 is 1.62 bits per heavy atom. The summed E-state index contributed by atoms with van der Waals surface area (Å²) in [4.78, 5) is 8.56. The molecular formula is C18H11F4N5O2. The molecule has 4 aromatic rings. The second-order valence-electron chi connectivity index (χ2n) is 5.90. The van der Waals surface area contributed by atoms with E-state index in [2.05, 4.69) is 35.0 Å². The number of rotatable bonds is 5. The van der Waals surface area contributed by atoms with Crippen LogP contribution >= 0.6 is 0 Å². The molecule has 0 saturated carbocycles. The first-order valence-electron chi connectivity index (χ1n) is 8.23. The number of ether oxygens (including phenoxy) is 1. The average Bonchev–Trinajstić information content (AvgIpc) is 3.11. The topological polar surface area (TPSA) is 86.0 Å². The molecule has 0 bridgehead atoms. The van der Waals surface area contributed by atoms with Crippen LogP contribution in [0.5, 0.6) is 5.75 Å². The molecule has 2 heterocycles. The van der Waals surface area contributed by atoms with E-state index in [0.29, 0.717) is 11.3 Å². The van der Waals surface area contributed by atoms with Crippen molar-refractivity contribution < 1.29 is 26.9 Å². The molecule has 0 aliphatic carbocycles. The van der Waals surface area contributed by atoms with Crippen LogP contribution in [-0.2, 0) is 6.42 Å². The summed E-state index contributed by atoms with van der Waals surface area (Å²) in [7, 11) is 0. The molecule has 0 amide bonds. The van der Waals surface area contributed by atoms with Gasteiger partial charge >= 0.3 is 6.36 Å². The summed E-state index contributed by atoms with van der Waals surface area (Å²) in [5.74, 6) is -0.616. The van der Waals surface area contributed by atoms with Gasteiger partial charge in [0.25, 0.3) is 0 Å². The van der Waals surface area contributed by atoms with Crippen molar-refractivity contribution in [1.29, 1.82) is 0 Å². The van der Waals surface area contributed by atoms with E-state index in [-0.39, 0.29) is 35.0 Å². The summed E-state index contributed by atoms with van der Waals surface area (Å²) in [6.45, 7) is 0. The number of aromatic nitrogens is 4. The van der Waals surface area contributed by atoms with E-state index in [4.69, 9.17) is 0 Å². The lowest BCUT2D eigenvalue weighted by molar-refractivity contribution is -0.274. The van der Waals surface area contributed by atoms with Crippen LogP contribution in [0.1, 0.15) is 11.3 Å². The fourth-order valence-corrected chi connectivity index (χ4v) is 2.59. The first kappa shape index (κ1) is 18.6. The molecule has 0 fully saturated rings. The first-order valence-corrected chi connectivity index (χ1v) is 8.23. The highest BCUT2D eigenvalue weighted by Crippen LogP contribution is 2.26. The zero-order valence-electron chi connectivity index (χ0n) is 14.4. The van der Waals surface area contributed by atoms with Gasteiger partial charge in [-0.3, -0.25) is 0 Å². The lowest BCUT2D eigenvalue weighted by Crippen LogP contribution is -2.17. The van der Waals surface area contributed by atoms with Crippen LogP contribution in [-0.4, -0.2) is 26.6 Å². The third kappa shape index (κ3) is 4.39. The summed E-state index contributed by atoms with van der Waals surface area (Å²) < 4.78 is 59.4. The number of hydrogen-bond donors (Lipinski definition) is 1. The van der Waals surface area contributed by atoms with Crippen molar-refractivity contribution >= 4 is 22.8 Å². The Balaban J connectivity index is 1.64. The van der Waals surface area contributed by atoms with Gasteiger partial charge in [0.15, 0.2) is 5.82 Å². The van der Waals surface area contributed by atoms with Crippen LogP contribution in [0.3, 0.4) is 0 Å². The van der Waals surface area contributed by atoms with Crippen LogP contribution in [0, 0.1) is 5.82 Å². The number of halogens is 4. The second-order valence-corrected chi connectivity index (χ2v) is 5.90. The van der Waals surface area contributed by atoms with Gasteiger partial charge < -0.3 is 10.1 Å². The van der Waals surface area contributed by atoms with Gasteiger partial charge in [0, 0.05) is 6.42 Å². The van der Waals surface area contributed by atoms with Gasteiger partial charge in [0.2, 0.25) is 11.3 Å². The Labute approximate surface area is 160 Å². The molecule has 0 radical (unpaired) electrons. The monoisotopic (exact) mass is 405 g/mol. The summed E-state index contributed by atoms with van der Waals surface area (Å²) in [6, 6.07) is 11.3. The van der Waals surface area contributed by atoms with Crippen LogP contribution in [0.2, 0.25) is 0 Å². The van der Waals surface area contributed by atoms with Crippen LogP contribution in [0.15, 0.2) is 53.2 Å². The van der Waals surface area contributed by atoms with Gasteiger partial charge in [-0.2, -0.15) is 0 Å². The number of nitrogens with one attached hydrogen (secondary N) is 1. The SMILES string of the molecule is Fc1ccccc1Nc1nc2nonc2nc1Cc1ccc(OC(F)(F)F)cc1. The quantitative estimate of drug-likeness (QED) is 0.493. The van der Waals surface area contributed by atoms with Crippen LogP contribution in [0.4, 0.5) is 29.1 Å². The smallest absolute Gasteiger partial charge is 0.406 e. The normalized spacial score (nSPS) is 11.6. The Morgan fingerprint density at radius 1 is 0.931 bits per heavy atom. The Bertz CT molecular complexity index is 1150. The molecule has 1 N–H and O–H groups in total. The van der Waals surface area contributed by atoms with E-state index < -0.39 is 12.2 Å². The third-order valence-electron chi connectivity index (χ3n) is 3.84. The number of nitrogens with zero attached hydrogens (tertiary/aromatic N) is 4. The van der Waals surface area contributed by atoms with Gasteiger partial charge in [0.05, 0.1) is 11.4 Å². The van der Waals surface area contributed by atoms with E-state index in [1.54, 1.807) is 12.1 Å². The highest BCUT2D eigenvalue weighted by atomic mass is 19.4. The van der Waals surface area contributed by atoms with E-state index >= 15 is 0 Å². The zero-order valence-corrected chi connectivity index (χ0v) is 14.4. The molecule has 29 heavy (non-hydrogen) atoms. The fourth-order valence-electron chi connectivity index (χ4n) is 2.59. The number of hydrogen-bond acceptors (Lipinski definition) is 7. The lowest BCUT2D eigenvalue weighted by Gasteiger charge is -2.12. The minimum Gasteiger partial charge on any atom is -0.406 e. The maximum Gasteiger partial charge on any atom is 0.573 e. The average molecular weight is 405 g/mol. The van der Waals surface area contributed by atoms with Crippen molar-refractivity contribution in [3.8, 4) is 5.75 Å². The Kier molecular flexibility index (Phi) is 4.71. The van der Waals surface area contributed by atoms with Crippen LogP contribution < -0.4 is 10.1 Å². The van der Waals surface area contributed by atoms with Gasteiger partial charge in [-0.15, -0.1) is 13.2 Å². The fraction of sp³-hybridized carbons (Fsp3) is 0.111. The molecule has 4 rings (SSSR count). The minimum absolute atomic E-state index is 0.126. The number of alkyl halides is 3. The van der Waals surface area contributed by atoms with Crippen LogP contribution in [0.25, 0.3) is 11.3 Å². The van der Waals surface area contributed by atoms with Gasteiger partial charge in [-0.1, -0.05) is 24.3 Å². The number of para-hydroxylation sites is 1. The van der Waals surface area contributed by atoms with Crippen molar-refractivity contribution in [2.75, 3.05) is 5.32 Å². The summed E-state index contributed by atoms with van der Waals surface area (Å²) >= 11 is 0. The Morgan fingerprint density at radius 3 is 2.31 bits per heavy atom. The Hall–Kier alpha value is -3.76. The van der Waals surface area contributed by atoms with Gasteiger partial charge in [0.1, 0.15) is 11.6 Å². The van der Waals surface area contributed by atoms with Gasteiger partial charge in [-0.25, -0.2) is 19.0 Å². The zero-order chi connectivity index (χ0) is 20.4. The number of anilines is 2. The third-order valence-corrected chi connectivity index (χ3v) is 3.84. The number of fused-ring (bicyclic) bond motifs is 1. The van der Waals surface area contributed by atoms with Crippen molar-refractivity contribution in [1.82, 2.24) is 20.3 Å². The largest absolute Gasteiger partial charge is 0.573 e. The molecule has 148 valence electrons. The standard InChI is InChI=1S/C18H11F4N5O2/c19-12-3-1-2-4-13(12)23-15-14(24-16-17(25-15)27-29-26-16)9-10-5-7-11(8-6-10)28-18(20,21)22/h1-8H,9H2,(H,23,25,27). The molecule has 0 spiro atoms. The number of benzene rings is 2. The highest BCUT2D eigenvalue weighted by Gasteiger charge is 2.31. The molecule has 0 aliphatic rings. The van der Waals surface area contributed by atoms with Crippen molar-refractivity contribution in [2.24, 2.45) is 0 Å². The van der Waals surface area contributed by atoms with Crippen molar-refractivity contribution in [3.63, 3.8) is 0 Å². The molecule has 2 aromatic heterocycles. The minimum atomic E-state index is -4.77. The van der Waals surface area contributed by atoms with Crippen molar-refractivity contribution in [3.05, 3.63) is 65.6 Å². The van der Waals surface area contributed by atoms with E-state index in [0.717, 1.165) is 0 Å². The maximum absolute atomic E-state index is 14.0. The highest BCUT2D eigenvalue weighted by molar-refractivity contribution is 5.69. The summed E-state index contributed by atoms with van der Waals surface area (Å²) in [5.41, 5.74) is 1.45. The second kappa shape index (κ2) is 7.34. The molecule has 7 nitrogen and oxygen atoms in total. The molecule has 0 aliphatic heterocycles. The molecule has 11 heteroatoms. The molecule has 0 saturated heterocycles.